The maximum atomic E-state index is 12.9. The average molecular weight is 443 g/mol. The molecule has 2 amide bonds. The fraction of sp³-hybridized carbons (Fsp3) is 0.190. The summed E-state index contributed by atoms with van der Waals surface area (Å²) in [7, 11) is 0. The first-order valence-corrected chi connectivity index (χ1v) is 10.4. The molecule has 6 nitrogen and oxygen atoms in total. The minimum atomic E-state index is -4.46. The van der Waals surface area contributed by atoms with Gasteiger partial charge in [0, 0.05) is 29.1 Å². The Balaban J connectivity index is 1.33. The van der Waals surface area contributed by atoms with E-state index in [-0.39, 0.29) is 5.69 Å². The zero-order chi connectivity index (χ0) is 21.6. The largest absolute Gasteiger partial charge is 0.416 e. The molecule has 0 aliphatic carbocycles. The number of aromatic nitrogens is 3. The molecule has 3 heterocycles. The molecule has 0 atom stereocenters. The normalized spacial score (nSPS) is 14.0. The van der Waals surface area contributed by atoms with Gasteiger partial charge in [0.05, 0.1) is 17.8 Å². The summed E-state index contributed by atoms with van der Waals surface area (Å²) in [4.78, 5) is 20.5. The third-order valence-corrected chi connectivity index (χ3v) is 6.14. The van der Waals surface area contributed by atoms with Crippen LogP contribution in [-0.4, -0.2) is 32.1 Å². The first-order chi connectivity index (χ1) is 14.9. The van der Waals surface area contributed by atoms with E-state index in [1.807, 2.05) is 34.8 Å². The van der Waals surface area contributed by atoms with Crippen LogP contribution in [0.1, 0.15) is 16.1 Å². The number of carbonyl (C=O) groups is 1. The highest BCUT2D eigenvalue weighted by Crippen LogP contribution is 2.32. The summed E-state index contributed by atoms with van der Waals surface area (Å²) in [5.41, 5.74) is 1.26. The van der Waals surface area contributed by atoms with Crippen molar-refractivity contribution in [2.75, 3.05) is 11.9 Å². The van der Waals surface area contributed by atoms with E-state index in [0.717, 1.165) is 33.2 Å². The Labute approximate surface area is 178 Å². The molecule has 1 N–H and O–H groups in total. The Hall–Kier alpha value is -3.40. The van der Waals surface area contributed by atoms with Gasteiger partial charge in [0.25, 0.3) is 0 Å². The van der Waals surface area contributed by atoms with Crippen molar-refractivity contribution in [3.05, 3.63) is 70.7 Å². The van der Waals surface area contributed by atoms with Gasteiger partial charge in [-0.3, -0.25) is 0 Å². The van der Waals surface area contributed by atoms with Crippen molar-refractivity contribution in [2.45, 2.75) is 19.1 Å². The van der Waals surface area contributed by atoms with Gasteiger partial charge in [0.2, 0.25) is 4.96 Å². The van der Waals surface area contributed by atoms with E-state index in [2.05, 4.69) is 15.4 Å². The van der Waals surface area contributed by atoms with Gasteiger partial charge < -0.3 is 10.2 Å². The highest BCUT2D eigenvalue weighted by Gasteiger charge is 2.31. The molecular formula is C21H16F3N5OS. The fourth-order valence-electron chi connectivity index (χ4n) is 3.55. The average Bonchev–Trinajstić information content (AvgIpc) is 3.31. The minimum Gasteiger partial charge on any atom is -0.319 e. The summed E-state index contributed by atoms with van der Waals surface area (Å²) < 4.78 is 40.5. The standard InChI is InChI=1S/C21H16F3N5OS/c22-21(23,24)14-7-4-8-15(11-14)25-19(30)28-10-9-16-17(12-28)31-20-26-18(27-29(16)20)13-5-2-1-3-6-13/h1-8,11H,9-10,12H2,(H,25,30). The van der Waals surface area contributed by atoms with Gasteiger partial charge in [0.15, 0.2) is 5.82 Å². The number of nitrogens with one attached hydrogen (secondary N) is 1. The van der Waals surface area contributed by atoms with Crippen LogP contribution >= 0.6 is 11.3 Å². The number of amides is 2. The molecule has 1 aliphatic heterocycles. The van der Waals surface area contributed by atoms with E-state index in [0.29, 0.717) is 25.3 Å². The lowest BCUT2D eigenvalue weighted by molar-refractivity contribution is -0.137. The maximum Gasteiger partial charge on any atom is 0.416 e. The molecule has 4 aromatic rings. The van der Waals surface area contributed by atoms with Gasteiger partial charge in [-0.25, -0.2) is 9.31 Å². The molecule has 0 fully saturated rings. The molecule has 0 saturated heterocycles. The topological polar surface area (TPSA) is 62.5 Å². The third kappa shape index (κ3) is 3.74. The third-order valence-electron chi connectivity index (χ3n) is 5.08. The molecule has 0 bridgehead atoms. The maximum absolute atomic E-state index is 12.9. The van der Waals surface area contributed by atoms with Gasteiger partial charge in [0.1, 0.15) is 0 Å². The lowest BCUT2D eigenvalue weighted by Crippen LogP contribution is -2.38. The van der Waals surface area contributed by atoms with E-state index in [1.165, 1.54) is 23.5 Å². The number of hydrogen-bond acceptors (Lipinski definition) is 4. The summed E-state index contributed by atoms with van der Waals surface area (Å²) in [6, 6.07) is 13.9. The smallest absolute Gasteiger partial charge is 0.319 e. The number of rotatable bonds is 2. The number of thiazole rings is 1. The molecule has 5 rings (SSSR count). The van der Waals surface area contributed by atoms with Crippen LogP contribution in [0.15, 0.2) is 54.6 Å². The Bertz CT molecular complexity index is 1270. The van der Waals surface area contributed by atoms with Gasteiger partial charge in [-0.1, -0.05) is 47.7 Å². The number of nitrogens with zero attached hydrogens (tertiary/aromatic N) is 4. The lowest BCUT2D eigenvalue weighted by Gasteiger charge is -2.26. The van der Waals surface area contributed by atoms with Crippen molar-refractivity contribution in [1.82, 2.24) is 19.5 Å². The van der Waals surface area contributed by atoms with Gasteiger partial charge in [-0.2, -0.15) is 18.2 Å². The Morgan fingerprint density at radius 3 is 2.68 bits per heavy atom. The summed E-state index contributed by atoms with van der Waals surface area (Å²) in [5.74, 6) is 0.652. The monoisotopic (exact) mass is 443 g/mol. The highest BCUT2D eigenvalue weighted by atomic mass is 32.1. The molecular weight excluding hydrogens is 427 g/mol. The molecule has 10 heteroatoms. The first-order valence-electron chi connectivity index (χ1n) is 9.54. The first kappa shape index (κ1) is 19.6. The molecule has 2 aromatic heterocycles. The van der Waals surface area contributed by atoms with Crippen molar-refractivity contribution in [3.63, 3.8) is 0 Å². The van der Waals surface area contributed by atoms with E-state index in [1.54, 1.807) is 4.90 Å². The van der Waals surface area contributed by atoms with Crippen LogP contribution in [0.5, 0.6) is 0 Å². The van der Waals surface area contributed by atoms with Gasteiger partial charge in [-0.05, 0) is 18.2 Å². The van der Waals surface area contributed by atoms with Crippen molar-refractivity contribution in [1.29, 1.82) is 0 Å². The molecule has 2 aromatic carbocycles. The number of benzene rings is 2. The summed E-state index contributed by atoms with van der Waals surface area (Å²) >= 11 is 1.47. The predicted molar refractivity (Wildman–Crippen MR) is 111 cm³/mol. The molecule has 158 valence electrons. The Morgan fingerprint density at radius 2 is 1.90 bits per heavy atom. The molecule has 31 heavy (non-hydrogen) atoms. The molecule has 0 spiro atoms. The SMILES string of the molecule is O=C(Nc1cccc(C(F)(F)F)c1)N1CCc2c(sc3nc(-c4ccccc4)nn23)C1. The molecule has 0 unspecified atom stereocenters. The van der Waals surface area contributed by atoms with Crippen molar-refractivity contribution in [2.24, 2.45) is 0 Å². The predicted octanol–water partition coefficient (Wildman–Crippen LogP) is 5.07. The Morgan fingerprint density at radius 1 is 1.10 bits per heavy atom. The van der Waals surface area contributed by atoms with Gasteiger partial charge in [-0.15, -0.1) is 5.10 Å². The van der Waals surface area contributed by atoms with Gasteiger partial charge >= 0.3 is 12.2 Å². The number of urea groups is 1. The van der Waals surface area contributed by atoms with Crippen LogP contribution in [0.3, 0.4) is 0 Å². The lowest BCUT2D eigenvalue weighted by atomic mass is 10.2. The second-order valence-electron chi connectivity index (χ2n) is 7.15. The molecule has 0 saturated carbocycles. The van der Waals surface area contributed by atoms with Crippen molar-refractivity contribution >= 4 is 28.0 Å². The fourth-order valence-corrected chi connectivity index (χ4v) is 4.66. The van der Waals surface area contributed by atoms with Crippen LogP contribution < -0.4 is 5.32 Å². The van der Waals surface area contributed by atoms with E-state index in [4.69, 9.17) is 0 Å². The van der Waals surface area contributed by atoms with Crippen molar-refractivity contribution < 1.29 is 18.0 Å². The van der Waals surface area contributed by atoms with Crippen molar-refractivity contribution in [3.8, 4) is 11.4 Å². The van der Waals surface area contributed by atoms with E-state index in [9.17, 15) is 18.0 Å². The number of halogens is 3. The zero-order valence-electron chi connectivity index (χ0n) is 16.1. The molecule has 1 aliphatic rings. The number of hydrogen-bond donors (Lipinski definition) is 1. The number of fused-ring (bicyclic) bond motifs is 3. The number of anilines is 1. The summed E-state index contributed by atoms with van der Waals surface area (Å²) in [5, 5.41) is 7.18. The number of carbonyl (C=O) groups excluding carboxylic acids is 1. The Kier molecular flexibility index (Phi) is 4.66. The van der Waals surface area contributed by atoms with Crippen LogP contribution in [0.2, 0.25) is 0 Å². The summed E-state index contributed by atoms with van der Waals surface area (Å²) in [6.07, 6.45) is -3.87. The van der Waals surface area contributed by atoms with Crippen LogP contribution in [0.25, 0.3) is 16.3 Å². The zero-order valence-corrected chi connectivity index (χ0v) is 16.9. The highest BCUT2D eigenvalue weighted by molar-refractivity contribution is 7.17. The molecule has 0 radical (unpaired) electrons. The second-order valence-corrected chi connectivity index (χ2v) is 8.21. The minimum absolute atomic E-state index is 0.112. The van der Waals surface area contributed by atoms with Crippen LogP contribution in [0, 0.1) is 0 Å². The van der Waals surface area contributed by atoms with Crippen LogP contribution in [-0.2, 0) is 19.1 Å². The summed E-state index contributed by atoms with van der Waals surface area (Å²) in [6.45, 7) is 0.792. The van der Waals surface area contributed by atoms with E-state index >= 15 is 0 Å². The van der Waals surface area contributed by atoms with E-state index < -0.39 is 17.8 Å². The quantitative estimate of drug-likeness (QED) is 0.471. The van der Waals surface area contributed by atoms with Crippen LogP contribution in [0.4, 0.5) is 23.7 Å². The number of alkyl halides is 3. The second kappa shape index (κ2) is 7.38.